The topological polar surface area (TPSA) is 42.4 Å². The van der Waals surface area contributed by atoms with Crippen LogP contribution in [0.4, 0.5) is 0 Å². The monoisotopic (exact) mass is 263 g/mol. The van der Waals surface area contributed by atoms with Gasteiger partial charge in [0.05, 0.1) is 22.2 Å². The second-order valence-electron chi connectivity index (χ2n) is 4.41. The van der Waals surface area contributed by atoms with Crippen LogP contribution in [0.25, 0.3) is 0 Å². The normalized spacial score (nSPS) is 12.7. The number of aliphatic hydroxyl groups is 1. The highest BCUT2D eigenvalue weighted by Gasteiger charge is 2.19. The molecule has 0 aliphatic heterocycles. The average Bonchev–Trinajstić information content (AvgIpc) is 2.74. The maximum absolute atomic E-state index is 10.4. The first kappa shape index (κ1) is 13.1. The molecule has 2 aromatic rings. The first-order chi connectivity index (χ1) is 8.59. The zero-order valence-electron chi connectivity index (χ0n) is 10.8. The first-order valence-electron chi connectivity index (χ1n) is 5.93. The highest BCUT2D eigenvalue weighted by molar-refractivity contribution is 7.09. The zero-order valence-corrected chi connectivity index (χ0v) is 11.6. The highest BCUT2D eigenvalue weighted by Crippen LogP contribution is 2.33. The number of aliphatic hydroxyl groups excluding tert-OH is 1. The third-order valence-corrected chi connectivity index (χ3v) is 3.59. The molecule has 1 aromatic carbocycles. The van der Waals surface area contributed by atoms with Gasteiger partial charge < -0.3 is 9.84 Å². The number of hydrogen-bond donors (Lipinski definition) is 1. The lowest BCUT2D eigenvalue weighted by molar-refractivity contribution is 0.200. The second kappa shape index (κ2) is 5.50. The summed E-state index contributed by atoms with van der Waals surface area (Å²) in [4.78, 5) is 5.04. The molecule has 1 atom stereocenters. The van der Waals surface area contributed by atoms with Crippen LogP contribution in [0.15, 0.2) is 29.8 Å². The van der Waals surface area contributed by atoms with Crippen molar-refractivity contribution in [2.24, 2.45) is 0 Å². The van der Waals surface area contributed by atoms with Crippen molar-refractivity contribution in [2.45, 2.75) is 33.0 Å². The molecule has 0 spiro atoms. The molecular weight excluding hydrogens is 246 g/mol. The Labute approximate surface area is 111 Å². The van der Waals surface area contributed by atoms with E-state index in [-0.39, 0.29) is 6.10 Å². The van der Waals surface area contributed by atoms with E-state index in [1.807, 2.05) is 45.0 Å². The molecule has 0 bridgehead atoms. The van der Waals surface area contributed by atoms with E-state index in [1.54, 1.807) is 5.51 Å². The SMILES string of the molecule is Cc1ncsc1C(O)c1ccccc1OC(C)C. The maximum atomic E-state index is 10.4. The van der Waals surface area contributed by atoms with Crippen molar-refractivity contribution >= 4 is 11.3 Å². The molecule has 4 heteroatoms. The summed E-state index contributed by atoms with van der Waals surface area (Å²) in [5.74, 6) is 0.729. The smallest absolute Gasteiger partial charge is 0.125 e. The molecule has 1 aromatic heterocycles. The van der Waals surface area contributed by atoms with Gasteiger partial charge in [-0.25, -0.2) is 4.98 Å². The van der Waals surface area contributed by atoms with Gasteiger partial charge in [-0.1, -0.05) is 18.2 Å². The van der Waals surface area contributed by atoms with Crippen molar-refractivity contribution in [3.05, 3.63) is 45.9 Å². The molecule has 0 saturated heterocycles. The minimum Gasteiger partial charge on any atom is -0.491 e. The van der Waals surface area contributed by atoms with Crippen LogP contribution < -0.4 is 4.74 Å². The van der Waals surface area contributed by atoms with E-state index in [0.29, 0.717) is 0 Å². The summed E-state index contributed by atoms with van der Waals surface area (Å²) in [6, 6.07) is 7.59. The Morgan fingerprint density at radius 2 is 2.00 bits per heavy atom. The lowest BCUT2D eigenvalue weighted by atomic mass is 10.1. The third kappa shape index (κ3) is 2.71. The number of aromatic nitrogens is 1. The maximum Gasteiger partial charge on any atom is 0.125 e. The van der Waals surface area contributed by atoms with Crippen molar-refractivity contribution in [2.75, 3.05) is 0 Å². The van der Waals surface area contributed by atoms with Crippen LogP contribution >= 0.6 is 11.3 Å². The number of para-hydroxylation sites is 1. The molecule has 18 heavy (non-hydrogen) atoms. The molecular formula is C14H17NO2S. The quantitative estimate of drug-likeness (QED) is 0.920. The van der Waals surface area contributed by atoms with Crippen LogP contribution in [0.3, 0.4) is 0 Å². The average molecular weight is 263 g/mol. The molecule has 0 amide bonds. The van der Waals surface area contributed by atoms with Gasteiger partial charge in [0.1, 0.15) is 11.9 Å². The number of ether oxygens (including phenoxy) is 1. The number of nitrogens with zero attached hydrogens (tertiary/aromatic N) is 1. The summed E-state index contributed by atoms with van der Waals surface area (Å²) in [6.45, 7) is 5.85. The Balaban J connectivity index is 2.36. The van der Waals surface area contributed by atoms with E-state index < -0.39 is 6.10 Å². The fraction of sp³-hybridized carbons (Fsp3) is 0.357. The molecule has 3 nitrogen and oxygen atoms in total. The summed E-state index contributed by atoms with van der Waals surface area (Å²) >= 11 is 1.46. The van der Waals surface area contributed by atoms with Crippen LogP contribution in [0.5, 0.6) is 5.75 Å². The highest BCUT2D eigenvalue weighted by atomic mass is 32.1. The Morgan fingerprint density at radius 3 is 2.61 bits per heavy atom. The van der Waals surface area contributed by atoms with Gasteiger partial charge in [0, 0.05) is 5.56 Å². The third-order valence-electron chi connectivity index (χ3n) is 2.61. The van der Waals surface area contributed by atoms with Crippen LogP contribution in [-0.2, 0) is 0 Å². The standard InChI is InChI=1S/C14H17NO2S/c1-9(2)17-12-7-5-4-6-11(12)13(16)14-10(3)15-8-18-14/h4-9,13,16H,1-3H3. The van der Waals surface area contributed by atoms with E-state index in [2.05, 4.69) is 4.98 Å². The molecule has 0 aliphatic carbocycles. The predicted octanol–water partition coefficient (Wildman–Crippen LogP) is 3.32. The van der Waals surface area contributed by atoms with Crippen molar-refractivity contribution in [1.29, 1.82) is 0 Å². The number of benzene rings is 1. The molecule has 1 unspecified atom stereocenters. The van der Waals surface area contributed by atoms with Crippen molar-refractivity contribution in [3.8, 4) is 5.75 Å². The van der Waals surface area contributed by atoms with Gasteiger partial charge in [-0.3, -0.25) is 0 Å². The van der Waals surface area contributed by atoms with Gasteiger partial charge in [0.2, 0.25) is 0 Å². The van der Waals surface area contributed by atoms with Gasteiger partial charge in [0.25, 0.3) is 0 Å². The van der Waals surface area contributed by atoms with Crippen LogP contribution in [0, 0.1) is 6.92 Å². The molecule has 1 N–H and O–H groups in total. The van der Waals surface area contributed by atoms with E-state index >= 15 is 0 Å². The number of thiazole rings is 1. The summed E-state index contributed by atoms with van der Waals surface area (Å²) in [5.41, 5.74) is 3.41. The van der Waals surface area contributed by atoms with Gasteiger partial charge in [0.15, 0.2) is 0 Å². The minimum absolute atomic E-state index is 0.0842. The minimum atomic E-state index is -0.674. The Bertz CT molecular complexity index is 522. The van der Waals surface area contributed by atoms with E-state index in [1.165, 1.54) is 11.3 Å². The van der Waals surface area contributed by atoms with Crippen molar-refractivity contribution in [1.82, 2.24) is 4.98 Å². The Kier molecular flexibility index (Phi) is 3.99. The summed E-state index contributed by atoms with van der Waals surface area (Å²) in [7, 11) is 0. The fourth-order valence-corrected chi connectivity index (χ4v) is 2.59. The van der Waals surface area contributed by atoms with Gasteiger partial charge in [-0.15, -0.1) is 11.3 Å². The summed E-state index contributed by atoms with van der Waals surface area (Å²) < 4.78 is 5.73. The molecule has 96 valence electrons. The van der Waals surface area contributed by atoms with Crippen molar-refractivity contribution < 1.29 is 9.84 Å². The molecule has 1 heterocycles. The van der Waals surface area contributed by atoms with Crippen molar-refractivity contribution in [3.63, 3.8) is 0 Å². The van der Waals surface area contributed by atoms with E-state index in [4.69, 9.17) is 4.74 Å². The number of rotatable bonds is 4. The predicted molar refractivity (Wildman–Crippen MR) is 73.1 cm³/mol. The fourth-order valence-electron chi connectivity index (χ4n) is 1.78. The molecule has 0 saturated carbocycles. The van der Waals surface area contributed by atoms with Gasteiger partial charge in [-0.2, -0.15) is 0 Å². The molecule has 0 aliphatic rings. The number of hydrogen-bond acceptors (Lipinski definition) is 4. The van der Waals surface area contributed by atoms with Gasteiger partial charge in [-0.05, 0) is 26.8 Å². The second-order valence-corrected chi connectivity index (χ2v) is 5.30. The Hall–Kier alpha value is -1.39. The van der Waals surface area contributed by atoms with E-state index in [9.17, 15) is 5.11 Å². The summed E-state index contributed by atoms with van der Waals surface area (Å²) in [6.07, 6.45) is -0.589. The number of aryl methyl sites for hydroxylation is 1. The molecule has 0 radical (unpaired) electrons. The van der Waals surface area contributed by atoms with E-state index in [0.717, 1.165) is 21.9 Å². The first-order valence-corrected chi connectivity index (χ1v) is 6.81. The zero-order chi connectivity index (χ0) is 13.1. The lowest BCUT2D eigenvalue weighted by Crippen LogP contribution is -2.09. The van der Waals surface area contributed by atoms with Gasteiger partial charge >= 0.3 is 0 Å². The largest absolute Gasteiger partial charge is 0.491 e. The van der Waals surface area contributed by atoms with Crippen LogP contribution in [0.1, 0.15) is 36.1 Å². The van der Waals surface area contributed by atoms with Crippen LogP contribution in [0.2, 0.25) is 0 Å². The van der Waals surface area contributed by atoms with Crippen LogP contribution in [-0.4, -0.2) is 16.2 Å². The summed E-state index contributed by atoms with van der Waals surface area (Å²) in [5, 5.41) is 10.4. The lowest BCUT2D eigenvalue weighted by Gasteiger charge is -2.17. The molecule has 0 fully saturated rings. The Morgan fingerprint density at radius 1 is 1.28 bits per heavy atom. The molecule has 2 rings (SSSR count).